The van der Waals surface area contributed by atoms with Crippen LogP contribution in [0.1, 0.15) is 34.6 Å². The predicted octanol–water partition coefficient (Wildman–Crippen LogP) is 1.92. The molecule has 0 atom stereocenters. The van der Waals surface area contributed by atoms with Crippen LogP contribution in [0.2, 0.25) is 0 Å². The number of carbonyl (C=O) groups excluding carboxylic acids is 1. The van der Waals surface area contributed by atoms with Crippen LogP contribution in [0.5, 0.6) is 0 Å². The van der Waals surface area contributed by atoms with E-state index in [1.54, 1.807) is 6.92 Å². The molecular formula is C14H16N4O. The van der Waals surface area contributed by atoms with Gasteiger partial charge in [-0.25, -0.2) is 0 Å². The van der Waals surface area contributed by atoms with E-state index in [1.807, 2.05) is 35.2 Å². The van der Waals surface area contributed by atoms with E-state index in [-0.39, 0.29) is 5.91 Å². The maximum atomic E-state index is 12.5. The second kappa shape index (κ2) is 4.84. The Morgan fingerprint density at radius 2 is 2.05 bits per heavy atom. The van der Waals surface area contributed by atoms with E-state index in [9.17, 15) is 4.79 Å². The normalized spacial score (nSPS) is 14.4. The van der Waals surface area contributed by atoms with E-state index in [0.717, 1.165) is 18.4 Å². The van der Waals surface area contributed by atoms with Gasteiger partial charge in [0.1, 0.15) is 0 Å². The number of nitrogens with one attached hydrogen (secondary N) is 1. The van der Waals surface area contributed by atoms with Crippen LogP contribution in [-0.4, -0.2) is 32.3 Å². The number of H-pyrrole nitrogens is 1. The second-order valence-electron chi connectivity index (χ2n) is 4.91. The lowest BCUT2D eigenvalue weighted by molar-refractivity contribution is 0.0723. The van der Waals surface area contributed by atoms with Crippen molar-refractivity contribution in [2.75, 3.05) is 0 Å². The van der Waals surface area contributed by atoms with Gasteiger partial charge in [-0.1, -0.05) is 30.3 Å². The minimum Gasteiger partial charge on any atom is -0.330 e. The van der Waals surface area contributed by atoms with Crippen LogP contribution < -0.4 is 0 Å². The molecule has 0 aliphatic heterocycles. The van der Waals surface area contributed by atoms with Gasteiger partial charge in [0.05, 0.1) is 5.69 Å². The Bertz CT molecular complexity index is 574. The first-order chi connectivity index (χ1) is 9.25. The summed E-state index contributed by atoms with van der Waals surface area (Å²) < 4.78 is 0. The van der Waals surface area contributed by atoms with Gasteiger partial charge >= 0.3 is 0 Å². The van der Waals surface area contributed by atoms with Crippen LogP contribution in [0.3, 0.4) is 0 Å². The average Bonchev–Trinajstić information content (AvgIpc) is 3.18. The van der Waals surface area contributed by atoms with Gasteiger partial charge in [-0.05, 0) is 25.3 Å². The number of nitrogens with zero attached hydrogens (tertiary/aromatic N) is 3. The molecule has 1 heterocycles. The zero-order valence-electron chi connectivity index (χ0n) is 10.8. The Balaban J connectivity index is 1.82. The molecule has 1 aliphatic rings. The van der Waals surface area contributed by atoms with Gasteiger partial charge in [0, 0.05) is 12.6 Å². The van der Waals surface area contributed by atoms with Crippen molar-refractivity contribution in [3.63, 3.8) is 0 Å². The third-order valence-electron chi connectivity index (χ3n) is 3.37. The third-order valence-corrected chi connectivity index (χ3v) is 3.37. The minimum absolute atomic E-state index is 0.0300. The van der Waals surface area contributed by atoms with Crippen molar-refractivity contribution in [2.45, 2.75) is 32.4 Å². The van der Waals surface area contributed by atoms with Crippen LogP contribution in [0.4, 0.5) is 0 Å². The molecule has 0 unspecified atom stereocenters. The van der Waals surface area contributed by atoms with Crippen LogP contribution in [0.15, 0.2) is 30.3 Å². The SMILES string of the molecule is Cc1n[nH]nc1C(=O)N(Cc1ccccc1)C1CC1. The molecule has 0 spiro atoms. The maximum Gasteiger partial charge on any atom is 0.276 e. The molecule has 5 nitrogen and oxygen atoms in total. The van der Waals surface area contributed by atoms with E-state index >= 15 is 0 Å². The topological polar surface area (TPSA) is 61.9 Å². The standard InChI is InChI=1S/C14H16N4O/c1-10-13(16-17-15-10)14(19)18(12-7-8-12)9-11-5-3-2-4-6-11/h2-6,12H,7-9H2,1H3,(H,15,16,17). The number of benzene rings is 1. The summed E-state index contributed by atoms with van der Waals surface area (Å²) in [4.78, 5) is 14.4. The molecule has 2 aromatic rings. The van der Waals surface area contributed by atoms with Crippen molar-refractivity contribution < 1.29 is 4.79 Å². The Hall–Kier alpha value is -2.17. The van der Waals surface area contributed by atoms with Gasteiger partial charge < -0.3 is 4.90 Å². The molecule has 1 amide bonds. The fourth-order valence-corrected chi connectivity index (χ4v) is 2.16. The lowest BCUT2D eigenvalue weighted by Crippen LogP contribution is -2.33. The smallest absolute Gasteiger partial charge is 0.276 e. The van der Waals surface area contributed by atoms with E-state index in [4.69, 9.17) is 0 Å². The monoisotopic (exact) mass is 256 g/mol. The van der Waals surface area contributed by atoms with Gasteiger partial charge in [-0.2, -0.15) is 15.4 Å². The number of carbonyl (C=O) groups is 1. The van der Waals surface area contributed by atoms with Gasteiger partial charge in [-0.3, -0.25) is 4.79 Å². The summed E-state index contributed by atoms with van der Waals surface area (Å²) in [5.74, 6) is -0.0300. The molecule has 1 N–H and O–H groups in total. The highest BCUT2D eigenvalue weighted by atomic mass is 16.2. The first kappa shape index (κ1) is 11.9. The van der Waals surface area contributed by atoms with Crippen LogP contribution in [0, 0.1) is 6.92 Å². The van der Waals surface area contributed by atoms with E-state index in [0.29, 0.717) is 24.0 Å². The van der Waals surface area contributed by atoms with Crippen molar-refractivity contribution in [3.05, 3.63) is 47.3 Å². The molecule has 19 heavy (non-hydrogen) atoms. The molecule has 98 valence electrons. The third kappa shape index (κ3) is 2.50. The number of aromatic nitrogens is 3. The molecule has 0 radical (unpaired) electrons. The number of hydrogen-bond acceptors (Lipinski definition) is 3. The van der Waals surface area contributed by atoms with Crippen molar-refractivity contribution in [3.8, 4) is 0 Å². The highest BCUT2D eigenvalue weighted by Gasteiger charge is 2.34. The lowest BCUT2D eigenvalue weighted by Gasteiger charge is -2.21. The summed E-state index contributed by atoms with van der Waals surface area (Å²) in [6.07, 6.45) is 2.16. The fraction of sp³-hybridized carbons (Fsp3) is 0.357. The Morgan fingerprint density at radius 3 is 2.63 bits per heavy atom. The summed E-state index contributed by atoms with van der Waals surface area (Å²) in [5.41, 5.74) is 2.23. The molecular weight excluding hydrogens is 240 g/mol. The summed E-state index contributed by atoms with van der Waals surface area (Å²) >= 11 is 0. The molecule has 1 aliphatic carbocycles. The van der Waals surface area contributed by atoms with Crippen molar-refractivity contribution in [1.29, 1.82) is 0 Å². The Labute approximate surface area is 111 Å². The fourth-order valence-electron chi connectivity index (χ4n) is 2.16. The first-order valence-electron chi connectivity index (χ1n) is 6.48. The molecule has 0 saturated heterocycles. The number of amides is 1. The second-order valence-corrected chi connectivity index (χ2v) is 4.91. The number of aryl methyl sites for hydroxylation is 1. The van der Waals surface area contributed by atoms with Crippen LogP contribution >= 0.6 is 0 Å². The van der Waals surface area contributed by atoms with Crippen LogP contribution in [0.25, 0.3) is 0 Å². The number of rotatable bonds is 4. The van der Waals surface area contributed by atoms with E-state index < -0.39 is 0 Å². The minimum atomic E-state index is -0.0300. The van der Waals surface area contributed by atoms with Crippen molar-refractivity contribution in [2.24, 2.45) is 0 Å². The Morgan fingerprint density at radius 1 is 1.32 bits per heavy atom. The molecule has 1 aromatic heterocycles. The van der Waals surface area contributed by atoms with Gasteiger partial charge in [0.25, 0.3) is 5.91 Å². The molecule has 1 saturated carbocycles. The highest BCUT2D eigenvalue weighted by molar-refractivity contribution is 5.93. The molecule has 0 bridgehead atoms. The zero-order chi connectivity index (χ0) is 13.2. The summed E-state index contributed by atoms with van der Waals surface area (Å²) in [7, 11) is 0. The van der Waals surface area contributed by atoms with E-state index in [1.165, 1.54) is 0 Å². The number of aromatic amines is 1. The lowest BCUT2D eigenvalue weighted by atomic mass is 10.2. The van der Waals surface area contributed by atoms with Crippen molar-refractivity contribution >= 4 is 5.91 Å². The summed E-state index contributed by atoms with van der Waals surface area (Å²) in [6.45, 7) is 2.43. The van der Waals surface area contributed by atoms with Gasteiger partial charge in [0.2, 0.25) is 0 Å². The molecule has 1 fully saturated rings. The van der Waals surface area contributed by atoms with Crippen molar-refractivity contribution in [1.82, 2.24) is 20.3 Å². The average molecular weight is 256 g/mol. The molecule has 1 aromatic carbocycles. The Kier molecular flexibility index (Phi) is 3.03. The van der Waals surface area contributed by atoms with Gasteiger partial charge in [-0.15, -0.1) is 0 Å². The van der Waals surface area contributed by atoms with E-state index in [2.05, 4.69) is 15.4 Å². The summed E-state index contributed by atoms with van der Waals surface area (Å²) in [5, 5.41) is 10.4. The first-order valence-corrected chi connectivity index (χ1v) is 6.48. The quantitative estimate of drug-likeness (QED) is 0.909. The summed E-state index contributed by atoms with van der Waals surface area (Å²) in [6, 6.07) is 10.4. The molecule has 5 heteroatoms. The van der Waals surface area contributed by atoms with Crippen LogP contribution in [-0.2, 0) is 6.54 Å². The zero-order valence-corrected chi connectivity index (χ0v) is 10.8. The largest absolute Gasteiger partial charge is 0.330 e. The number of hydrogen-bond donors (Lipinski definition) is 1. The maximum absolute atomic E-state index is 12.5. The van der Waals surface area contributed by atoms with Gasteiger partial charge in [0.15, 0.2) is 5.69 Å². The highest BCUT2D eigenvalue weighted by Crippen LogP contribution is 2.29. The predicted molar refractivity (Wildman–Crippen MR) is 70.5 cm³/mol. The molecule has 3 rings (SSSR count).